The molecule has 270 valence electrons. The van der Waals surface area contributed by atoms with Crippen LogP contribution in [0.4, 0.5) is 0 Å². The lowest BCUT2D eigenvalue weighted by molar-refractivity contribution is -0.134. The predicted molar refractivity (Wildman–Crippen MR) is 192 cm³/mol. The molecule has 12 N–H and O–H groups in total. The third-order valence-electron chi connectivity index (χ3n) is 8.21. The first-order chi connectivity index (χ1) is 24.5. The van der Waals surface area contributed by atoms with Gasteiger partial charge in [0.2, 0.25) is 29.5 Å². The molecule has 2 heterocycles. The van der Waals surface area contributed by atoms with Crippen LogP contribution in [0.5, 0.6) is 0 Å². The molecule has 0 fully saturated rings. The zero-order chi connectivity index (χ0) is 36.8. The van der Waals surface area contributed by atoms with Crippen molar-refractivity contribution in [2.45, 2.75) is 69.6 Å². The van der Waals surface area contributed by atoms with Gasteiger partial charge in [-0.1, -0.05) is 48.5 Å². The summed E-state index contributed by atoms with van der Waals surface area (Å²) in [6.45, 7) is 1.47. The van der Waals surface area contributed by atoms with E-state index >= 15 is 0 Å². The summed E-state index contributed by atoms with van der Waals surface area (Å²) in [6.07, 6.45) is 5.93. The smallest absolute Gasteiger partial charge is 0.243 e. The fourth-order valence-electron chi connectivity index (χ4n) is 5.63. The Kier molecular flexibility index (Phi) is 13.7. The summed E-state index contributed by atoms with van der Waals surface area (Å²) < 4.78 is 0. The lowest BCUT2D eigenvalue weighted by Crippen LogP contribution is -2.58. The Bertz CT molecular complexity index is 1800. The number of guanidine groups is 1. The highest BCUT2D eigenvalue weighted by Gasteiger charge is 2.31. The van der Waals surface area contributed by atoms with Crippen molar-refractivity contribution in [2.75, 3.05) is 6.54 Å². The summed E-state index contributed by atoms with van der Waals surface area (Å²) in [5.74, 6) is -3.21. The fraction of sp³-hybridized carbons (Fsp3) is 0.343. The van der Waals surface area contributed by atoms with Gasteiger partial charge in [-0.15, -0.1) is 0 Å². The monoisotopic (exact) mass is 699 g/mol. The van der Waals surface area contributed by atoms with Crippen molar-refractivity contribution in [1.82, 2.24) is 36.2 Å². The Morgan fingerprint density at radius 3 is 2.06 bits per heavy atom. The van der Waals surface area contributed by atoms with E-state index in [1.54, 1.807) is 6.20 Å². The number of nitrogens with two attached hydrogens (primary N) is 3. The zero-order valence-electron chi connectivity index (χ0n) is 28.4. The lowest BCUT2D eigenvalue weighted by atomic mass is 10.0. The highest BCUT2D eigenvalue weighted by molar-refractivity contribution is 5.95. The lowest BCUT2D eigenvalue weighted by Gasteiger charge is -2.26. The van der Waals surface area contributed by atoms with Gasteiger partial charge in [0.25, 0.3) is 0 Å². The number of benzene rings is 2. The molecular formula is C35H45N11O5. The first-order valence-electron chi connectivity index (χ1n) is 16.6. The van der Waals surface area contributed by atoms with Crippen LogP contribution in [-0.4, -0.2) is 81.2 Å². The highest BCUT2D eigenvalue weighted by Crippen LogP contribution is 2.19. The Balaban J connectivity index is 1.54. The van der Waals surface area contributed by atoms with Crippen LogP contribution in [0.25, 0.3) is 10.9 Å². The fourth-order valence-corrected chi connectivity index (χ4v) is 5.63. The van der Waals surface area contributed by atoms with E-state index in [0.29, 0.717) is 18.5 Å². The molecule has 2 aromatic carbocycles. The van der Waals surface area contributed by atoms with Gasteiger partial charge < -0.3 is 48.4 Å². The minimum Gasteiger partial charge on any atom is -0.370 e. The standard InChI is InChI=1S/C35H45N11O5/c1-21(47)43-30(17-24-19-39-20-42-24)34(51)45-28(14-13-22-8-3-2-4-9-22)33(50)44-27(12-7-15-40-35(37)38)32(49)46-29(31(36)48)16-23-18-41-26-11-6-5-10-25(23)26/h2-6,8-11,18-20,27-30,41H,7,12-17H2,1H3,(H2,36,48)(H,39,42)(H,43,47)(H,44,50)(H,45,51)(H,46,49)(H4,37,38,40)/t27-,28+,29-,30-/m0/s1. The van der Waals surface area contributed by atoms with Gasteiger partial charge in [0.05, 0.1) is 6.33 Å². The molecule has 0 saturated heterocycles. The largest absolute Gasteiger partial charge is 0.370 e. The number of carbonyl (C=O) groups is 5. The summed E-state index contributed by atoms with van der Waals surface area (Å²) in [5, 5.41) is 11.7. The number of fused-ring (bicyclic) bond motifs is 1. The van der Waals surface area contributed by atoms with Gasteiger partial charge in [-0.25, -0.2) is 4.98 Å². The molecule has 16 nitrogen and oxygen atoms in total. The van der Waals surface area contributed by atoms with Crippen LogP contribution < -0.4 is 38.5 Å². The van der Waals surface area contributed by atoms with Crippen LogP contribution >= 0.6 is 0 Å². The number of aryl methyl sites for hydroxylation is 1. The molecular weight excluding hydrogens is 654 g/mol. The number of primary amides is 1. The van der Waals surface area contributed by atoms with Gasteiger partial charge in [-0.2, -0.15) is 0 Å². The van der Waals surface area contributed by atoms with Crippen molar-refractivity contribution in [2.24, 2.45) is 22.2 Å². The number of nitrogens with one attached hydrogen (secondary N) is 6. The zero-order valence-corrected chi connectivity index (χ0v) is 28.4. The normalized spacial score (nSPS) is 13.3. The van der Waals surface area contributed by atoms with Crippen molar-refractivity contribution < 1.29 is 24.0 Å². The maximum absolute atomic E-state index is 14.0. The third kappa shape index (κ3) is 11.7. The van der Waals surface area contributed by atoms with E-state index in [2.05, 4.69) is 41.2 Å². The number of hydrogen-bond acceptors (Lipinski definition) is 7. The number of aromatic nitrogens is 3. The van der Waals surface area contributed by atoms with Gasteiger partial charge in [-0.05, 0) is 42.9 Å². The van der Waals surface area contributed by atoms with Gasteiger partial charge in [0.15, 0.2) is 5.96 Å². The number of para-hydroxylation sites is 1. The number of amides is 5. The SMILES string of the molecule is CC(=O)N[C@@H](Cc1cnc[nH]1)C(=O)N[C@H](CCc1ccccc1)C(=O)N[C@@H](CCCN=C(N)N)C(=O)N[C@@H](Cc1c[nH]c2ccccc12)C(N)=O. The molecule has 5 amide bonds. The second-order valence-corrected chi connectivity index (χ2v) is 12.2. The number of hydrogen-bond donors (Lipinski definition) is 9. The summed E-state index contributed by atoms with van der Waals surface area (Å²) in [4.78, 5) is 79.9. The summed E-state index contributed by atoms with van der Waals surface area (Å²) in [5.41, 5.74) is 19.8. The van der Waals surface area contributed by atoms with Crippen LogP contribution in [0.2, 0.25) is 0 Å². The van der Waals surface area contributed by atoms with Crippen molar-refractivity contribution in [1.29, 1.82) is 0 Å². The van der Waals surface area contributed by atoms with Crippen molar-refractivity contribution in [3.05, 3.63) is 90.1 Å². The molecule has 0 bridgehead atoms. The first-order valence-corrected chi connectivity index (χ1v) is 16.6. The van der Waals surface area contributed by atoms with Gasteiger partial charge in [-0.3, -0.25) is 29.0 Å². The number of rotatable bonds is 19. The topological polar surface area (TPSA) is 268 Å². The Morgan fingerprint density at radius 1 is 0.765 bits per heavy atom. The first kappa shape index (κ1) is 37.6. The number of aromatic amines is 2. The van der Waals surface area contributed by atoms with E-state index in [1.165, 1.54) is 19.4 Å². The predicted octanol–water partition coefficient (Wildman–Crippen LogP) is -0.193. The molecule has 4 rings (SSSR count). The van der Waals surface area contributed by atoms with Crippen LogP contribution in [0.1, 0.15) is 43.0 Å². The van der Waals surface area contributed by atoms with E-state index in [-0.39, 0.29) is 38.2 Å². The quantitative estimate of drug-likeness (QED) is 0.0359. The second kappa shape index (κ2) is 18.5. The average Bonchev–Trinajstić information content (AvgIpc) is 3.77. The van der Waals surface area contributed by atoms with Crippen LogP contribution in [-0.2, 0) is 43.2 Å². The van der Waals surface area contributed by atoms with E-state index < -0.39 is 53.7 Å². The number of carbonyl (C=O) groups excluding carboxylic acids is 5. The Hall–Kier alpha value is -6.19. The van der Waals surface area contributed by atoms with Crippen LogP contribution in [0.3, 0.4) is 0 Å². The molecule has 0 saturated carbocycles. The Labute approximate surface area is 294 Å². The van der Waals surface area contributed by atoms with Crippen molar-refractivity contribution in [3.8, 4) is 0 Å². The van der Waals surface area contributed by atoms with Gasteiger partial charge >= 0.3 is 0 Å². The minimum atomic E-state index is -1.15. The molecule has 0 aliphatic carbocycles. The summed E-state index contributed by atoms with van der Waals surface area (Å²) in [7, 11) is 0. The molecule has 4 atom stereocenters. The molecule has 0 unspecified atom stereocenters. The number of nitrogens with zero attached hydrogens (tertiary/aromatic N) is 2. The maximum atomic E-state index is 14.0. The number of H-pyrrole nitrogens is 2. The van der Waals surface area contributed by atoms with Crippen molar-refractivity contribution in [3.63, 3.8) is 0 Å². The van der Waals surface area contributed by atoms with Crippen LogP contribution in [0, 0.1) is 0 Å². The maximum Gasteiger partial charge on any atom is 0.243 e. The molecule has 4 aromatic rings. The number of imidazole rings is 1. The van der Waals surface area contributed by atoms with E-state index in [0.717, 1.165) is 22.0 Å². The number of aliphatic imine (C=N–C) groups is 1. The van der Waals surface area contributed by atoms with E-state index in [4.69, 9.17) is 17.2 Å². The molecule has 0 aliphatic heterocycles. The van der Waals surface area contributed by atoms with Crippen molar-refractivity contribution >= 4 is 46.4 Å². The second-order valence-electron chi connectivity index (χ2n) is 12.2. The third-order valence-corrected chi connectivity index (χ3v) is 8.21. The molecule has 16 heteroatoms. The van der Waals surface area contributed by atoms with Gasteiger partial charge in [0, 0.05) is 55.3 Å². The van der Waals surface area contributed by atoms with Gasteiger partial charge in [0.1, 0.15) is 24.2 Å². The Morgan fingerprint density at radius 2 is 1.41 bits per heavy atom. The summed E-state index contributed by atoms with van der Waals surface area (Å²) >= 11 is 0. The average molecular weight is 700 g/mol. The highest BCUT2D eigenvalue weighted by atomic mass is 16.2. The molecule has 0 spiro atoms. The molecule has 51 heavy (non-hydrogen) atoms. The van der Waals surface area contributed by atoms with E-state index in [9.17, 15) is 24.0 Å². The van der Waals surface area contributed by atoms with E-state index in [1.807, 2.05) is 54.6 Å². The molecule has 0 aliphatic rings. The molecule has 0 radical (unpaired) electrons. The summed E-state index contributed by atoms with van der Waals surface area (Å²) in [6, 6.07) is 12.5. The minimum absolute atomic E-state index is 0.0964. The molecule has 2 aromatic heterocycles. The van der Waals surface area contributed by atoms with Crippen LogP contribution in [0.15, 0.2) is 78.3 Å².